The molecule has 0 aromatic heterocycles. The maximum absolute atomic E-state index is 13.6. The molecule has 10 heteroatoms. The van der Waals surface area contributed by atoms with E-state index in [9.17, 15) is 26.4 Å². The average molecular weight is 536 g/mol. The van der Waals surface area contributed by atoms with Crippen LogP contribution in [0.1, 0.15) is 42.9 Å². The van der Waals surface area contributed by atoms with Crippen LogP contribution in [0.5, 0.6) is 0 Å². The Hall–Kier alpha value is -3.53. The first-order valence-electron chi connectivity index (χ1n) is 11.7. The SMILES string of the molecule is CCCS(=O)(=O)N(Cc1ccccc1)C1=C(OCc2ccc(/C=C/C(=O)O)cc2)C=C(C(F)(F)F)CC1. The smallest absolute Gasteiger partial charge is 0.412 e. The summed E-state index contributed by atoms with van der Waals surface area (Å²) >= 11 is 0. The first-order valence-corrected chi connectivity index (χ1v) is 13.3. The number of hydrogen-bond acceptors (Lipinski definition) is 4. The Balaban J connectivity index is 1.98. The first-order chi connectivity index (χ1) is 17.5. The van der Waals surface area contributed by atoms with Crippen molar-refractivity contribution in [2.24, 2.45) is 0 Å². The van der Waals surface area contributed by atoms with E-state index in [-0.39, 0.29) is 43.2 Å². The highest BCUT2D eigenvalue weighted by molar-refractivity contribution is 7.89. The fraction of sp³-hybridized carbons (Fsp3) is 0.296. The van der Waals surface area contributed by atoms with E-state index in [4.69, 9.17) is 9.84 Å². The topological polar surface area (TPSA) is 83.9 Å². The minimum atomic E-state index is -4.56. The van der Waals surface area contributed by atoms with Crippen LogP contribution in [0.2, 0.25) is 0 Å². The van der Waals surface area contributed by atoms with E-state index in [1.54, 1.807) is 61.5 Å². The van der Waals surface area contributed by atoms with Gasteiger partial charge < -0.3 is 9.84 Å². The van der Waals surface area contributed by atoms with Gasteiger partial charge in [0.2, 0.25) is 10.0 Å². The molecule has 1 aliphatic carbocycles. The quantitative estimate of drug-likeness (QED) is 0.355. The molecular formula is C27H28F3NO5S. The summed E-state index contributed by atoms with van der Waals surface area (Å²) in [5.74, 6) is -1.38. The van der Waals surface area contributed by atoms with Crippen molar-refractivity contribution in [3.63, 3.8) is 0 Å². The van der Waals surface area contributed by atoms with Crippen LogP contribution in [0.4, 0.5) is 13.2 Å². The lowest BCUT2D eigenvalue weighted by atomic mass is 10.0. The van der Waals surface area contributed by atoms with Gasteiger partial charge in [-0.25, -0.2) is 13.2 Å². The maximum atomic E-state index is 13.6. The van der Waals surface area contributed by atoms with Crippen molar-refractivity contribution in [2.45, 2.75) is 45.5 Å². The molecule has 2 aromatic rings. The van der Waals surface area contributed by atoms with Gasteiger partial charge in [-0.3, -0.25) is 4.31 Å². The summed E-state index contributed by atoms with van der Waals surface area (Å²) in [5.41, 5.74) is 1.35. The predicted molar refractivity (Wildman–Crippen MR) is 134 cm³/mol. The van der Waals surface area contributed by atoms with E-state index < -0.39 is 27.7 Å². The van der Waals surface area contributed by atoms with Crippen molar-refractivity contribution in [3.05, 3.63) is 100 Å². The van der Waals surface area contributed by atoms with Gasteiger partial charge in [0.1, 0.15) is 12.4 Å². The molecule has 0 bridgehead atoms. The summed E-state index contributed by atoms with van der Waals surface area (Å²) in [6.07, 6.45) is -1.42. The molecule has 0 atom stereocenters. The molecule has 6 nitrogen and oxygen atoms in total. The molecule has 0 radical (unpaired) electrons. The number of aliphatic carboxylic acids is 1. The van der Waals surface area contributed by atoms with Gasteiger partial charge in [0.25, 0.3) is 0 Å². The van der Waals surface area contributed by atoms with Crippen LogP contribution in [0.3, 0.4) is 0 Å². The van der Waals surface area contributed by atoms with Crippen molar-refractivity contribution in [3.8, 4) is 0 Å². The second-order valence-corrected chi connectivity index (χ2v) is 10.5. The highest BCUT2D eigenvalue weighted by atomic mass is 32.2. The Morgan fingerprint density at radius 3 is 2.32 bits per heavy atom. The molecule has 0 saturated carbocycles. The number of carboxylic acids is 1. The monoisotopic (exact) mass is 535 g/mol. The van der Waals surface area contributed by atoms with Crippen LogP contribution in [0.25, 0.3) is 6.08 Å². The Bertz CT molecular complexity index is 1280. The van der Waals surface area contributed by atoms with Crippen molar-refractivity contribution in [2.75, 3.05) is 5.75 Å². The summed E-state index contributed by atoms with van der Waals surface area (Å²) in [6.45, 7) is 1.60. The molecule has 3 rings (SSSR count). The maximum Gasteiger partial charge on any atom is 0.412 e. The molecular weight excluding hydrogens is 507 g/mol. The molecule has 2 aromatic carbocycles. The average Bonchev–Trinajstić information content (AvgIpc) is 2.85. The van der Waals surface area contributed by atoms with Gasteiger partial charge in [0.15, 0.2) is 0 Å². The molecule has 198 valence electrons. The van der Waals surface area contributed by atoms with Gasteiger partial charge in [-0.1, -0.05) is 61.5 Å². The zero-order valence-corrected chi connectivity index (χ0v) is 21.1. The van der Waals surface area contributed by atoms with Gasteiger partial charge in [0.05, 0.1) is 18.0 Å². The number of hydrogen-bond donors (Lipinski definition) is 1. The lowest BCUT2D eigenvalue weighted by Crippen LogP contribution is -2.34. The van der Waals surface area contributed by atoms with E-state index in [0.717, 1.165) is 12.2 Å². The highest BCUT2D eigenvalue weighted by Gasteiger charge is 2.38. The van der Waals surface area contributed by atoms with Crippen molar-refractivity contribution in [1.29, 1.82) is 0 Å². The highest BCUT2D eigenvalue weighted by Crippen LogP contribution is 2.38. The Kier molecular flexibility index (Phi) is 9.20. The molecule has 0 spiro atoms. The van der Waals surface area contributed by atoms with Crippen LogP contribution in [0, 0.1) is 0 Å². The fourth-order valence-electron chi connectivity index (χ4n) is 3.82. The van der Waals surface area contributed by atoms with Crippen LogP contribution in [-0.4, -0.2) is 35.7 Å². The standard InChI is InChI=1S/C27H28F3NO5S/c1-2-16-37(34,35)31(18-21-6-4-3-5-7-21)24-14-13-23(27(28,29)30)17-25(24)36-19-22-10-8-20(9-11-22)12-15-26(32)33/h3-12,15,17H,2,13-14,16,18-19H2,1H3,(H,32,33)/b15-12+. The lowest BCUT2D eigenvalue weighted by molar-refractivity contribution is -0.131. The van der Waals surface area contributed by atoms with Gasteiger partial charge in [-0.15, -0.1) is 0 Å². The van der Waals surface area contributed by atoms with Crippen LogP contribution in [0.15, 0.2) is 83.8 Å². The molecule has 0 amide bonds. The van der Waals surface area contributed by atoms with E-state index >= 15 is 0 Å². The normalized spacial score (nSPS) is 14.5. The van der Waals surface area contributed by atoms with Crippen molar-refractivity contribution < 1.29 is 36.2 Å². The number of allylic oxidation sites excluding steroid dienone is 3. The number of alkyl halides is 3. The molecule has 1 N–H and O–H groups in total. The number of ether oxygens (including phenoxy) is 1. The summed E-state index contributed by atoms with van der Waals surface area (Å²) in [7, 11) is -3.83. The van der Waals surface area contributed by atoms with E-state index in [1.165, 1.54) is 10.4 Å². The third-order valence-corrected chi connectivity index (χ3v) is 7.59. The van der Waals surface area contributed by atoms with E-state index in [1.807, 2.05) is 0 Å². The molecule has 1 aliphatic rings. The van der Waals surface area contributed by atoms with Gasteiger partial charge >= 0.3 is 12.1 Å². The minimum Gasteiger partial charge on any atom is -0.487 e. The number of halogens is 3. The molecule has 37 heavy (non-hydrogen) atoms. The third-order valence-electron chi connectivity index (χ3n) is 5.65. The molecule has 0 heterocycles. The van der Waals surface area contributed by atoms with Gasteiger partial charge in [-0.2, -0.15) is 13.2 Å². The predicted octanol–water partition coefficient (Wildman–Crippen LogP) is 6.04. The van der Waals surface area contributed by atoms with E-state index in [0.29, 0.717) is 23.1 Å². The second-order valence-electron chi connectivity index (χ2n) is 8.49. The largest absolute Gasteiger partial charge is 0.487 e. The minimum absolute atomic E-state index is 0.0227. The zero-order chi connectivity index (χ0) is 27.1. The molecule has 0 aliphatic heterocycles. The summed E-state index contributed by atoms with van der Waals surface area (Å²) in [5, 5.41) is 8.75. The van der Waals surface area contributed by atoms with Crippen LogP contribution in [-0.2, 0) is 32.7 Å². The number of carboxylic acid groups (broad SMARTS) is 1. The number of sulfonamides is 1. The molecule has 0 fully saturated rings. The summed E-state index contributed by atoms with van der Waals surface area (Å²) in [6, 6.07) is 15.5. The molecule has 0 saturated heterocycles. The van der Waals surface area contributed by atoms with Crippen molar-refractivity contribution in [1.82, 2.24) is 4.31 Å². The van der Waals surface area contributed by atoms with Crippen LogP contribution < -0.4 is 0 Å². The number of carbonyl (C=O) groups is 1. The summed E-state index contributed by atoms with van der Waals surface area (Å²) < 4.78 is 74.1. The Labute approximate surface area is 214 Å². The Morgan fingerprint density at radius 2 is 1.73 bits per heavy atom. The third kappa shape index (κ3) is 7.98. The lowest BCUT2D eigenvalue weighted by Gasteiger charge is -2.31. The molecule has 0 unspecified atom stereocenters. The van der Waals surface area contributed by atoms with Crippen LogP contribution >= 0.6 is 0 Å². The van der Waals surface area contributed by atoms with Gasteiger partial charge in [0, 0.05) is 11.6 Å². The van der Waals surface area contributed by atoms with E-state index in [2.05, 4.69) is 0 Å². The number of benzene rings is 2. The first kappa shape index (κ1) is 28.0. The summed E-state index contributed by atoms with van der Waals surface area (Å²) in [4.78, 5) is 10.7. The number of nitrogens with zero attached hydrogens (tertiary/aromatic N) is 1. The fourth-order valence-corrected chi connectivity index (χ4v) is 5.42. The Morgan fingerprint density at radius 1 is 1.05 bits per heavy atom. The number of rotatable bonds is 11. The second kappa shape index (κ2) is 12.1. The van der Waals surface area contributed by atoms with Crippen molar-refractivity contribution >= 4 is 22.1 Å². The van der Waals surface area contributed by atoms with Gasteiger partial charge in [-0.05, 0) is 48.1 Å². The zero-order valence-electron chi connectivity index (χ0n) is 20.2.